The Morgan fingerprint density at radius 3 is 2.38 bits per heavy atom. The molecule has 2 heteroatoms. The van der Waals surface area contributed by atoms with E-state index in [9.17, 15) is 0 Å². The predicted octanol–water partition coefficient (Wildman–Crippen LogP) is 4.95. The third kappa shape index (κ3) is 4.75. The number of nitrogens with one attached hydrogen (secondary N) is 1. The van der Waals surface area contributed by atoms with Crippen LogP contribution in [0, 0.1) is 25.7 Å². The van der Waals surface area contributed by atoms with E-state index in [1.54, 1.807) is 0 Å². The van der Waals surface area contributed by atoms with Crippen LogP contribution in [0.1, 0.15) is 50.3 Å². The van der Waals surface area contributed by atoms with Crippen LogP contribution in [-0.2, 0) is 5.75 Å². The molecule has 1 fully saturated rings. The van der Waals surface area contributed by atoms with Gasteiger partial charge in [-0.05, 0) is 50.6 Å². The minimum atomic E-state index is 0.685. The van der Waals surface area contributed by atoms with E-state index in [0.29, 0.717) is 6.04 Å². The maximum absolute atomic E-state index is 3.73. The average molecular weight is 306 g/mol. The summed E-state index contributed by atoms with van der Waals surface area (Å²) in [5.41, 5.74) is 4.26. The van der Waals surface area contributed by atoms with Gasteiger partial charge in [-0.1, -0.05) is 50.1 Å². The summed E-state index contributed by atoms with van der Waals surface area (Å²) >= 11 is 2.16. The Hall–Kier alpha value is -0.470. The van der Waals surface area contributed by atoms with Crippen LogP contribution < -0.4 is 5.32 Å². The molecule has 0 aliphatic heterocycles. The predicted molar refractivity (Wildman–Crippen MR) is 96.0 cm³/mol. The van der Waals surface area contributed by atoms with Crippen LogP contribution >= 0.6 is 11.8 Å². The number of aryl methyl sites for hydroxylation is 2. The van der Waals surface area contributed by atoms with Crippen molar-refractivity contribution in [2.24, 2.45) is 11.8 Å². The molecule has 1 nitrogen and oxygen atoms in total. The lowest BCUT2D eigenvalue weighted by atomic mass is 9.80. The molecule has 2 rings (SSSR count). The van der Waals surface area contributed by atoms with Gasteiger partial charge in [0.05, 0.1) is 0 Å². The van der Waals surface area contributed by atoms with E-state index in [0.717, 1.165) is 29.4 Å². The molecule has 1 aromatic rings. The molecule has 1 N–H and O–H groups in total. The molecule has 0 spiro atoms. The van der Waals surface area contributed by atoms with E-state index in [2.05, 4.69) is 69.9 Å². The van der Waals surface area contributed by atoms with Crippen LogP contribution in [0.5, 0.6) is 0 Å². The minimum Gasteiger partial charge on any atom is -0.313 e. The summed E-state index contributed by atoms with van der Waals surface area (Å²) in [7, 11) is 0. The second kappa shape index (κ2) is 7.69. The second-order valence-electron chi connectivity index (χ2n) is 6.99. The minimum absolute atomic E-state index is 0.685. The normalized spacial score (nSPS) is 29.6. The van der Waals surface area contributed by atoms with Gasteiger partial charge in [-0.25, -0.2) is 0 Å². The zero-order valence-corrected chi connectivity index (χ0v) is 15.1. The van der Waals surface area contributed by atoms with E-state index in [-0.39, 0.29) is 0 Å². The summed E-state index contributed by atoms with van der Waals surface area (Å²) in [4.78, 5) is 0. The number of benzene rings is 1. The lowest BCUT2D eigenvalue weighted by Gasteiger charge is -2.39. The first kappa shape index (κ1) is 16.9. The van der Waals surface area contributed by atoms with Gasteiger partial charge in [0, 0.05) is 17.0 Å². The summed E-state index contributed by atoms with van der Waals surface area (Å²) in [5.74, 6) is 2.82. The van der Waals surface area contributed by atoms with Crippen molar-refractivity contribution in [3.8, 4) is 0 Å². The van der Waals surface area contributed by atoms with E-state index in [1.807, 2.05) is 0 Å². The lowest BCUT2D eigenvalue weighted by Crippen LogP contribution is -2.46. The van der Waals surface area contributed by atoms with Gasteiger partial charge in [0.25, 0.3) is 0 Å². The molecule has 4 atom stereocenters. The van der Waals surface area contributed by atoms with Crippen LogP contribution in [0.4, 0.5) is 0 Å². The summed E-state index contributed by atoms with van der Waals surface area (Å²) in [6, 6.07) is 7.64. The summed E-state index contributed by atoms with van der Waals surface area (Å²) in [6.07, 6.45) is 2.72. The van der Waals surface area contributed by atoms with Crippen molar-refractivity contribution in [2.45, 2.75) is 64.5 Å². The van der Waals surface area contributed by atoms with Crippen molar-refractivity contribution in [1.29, 1.82) is 0 Å². The Bertz CT molecular complexity index is 437. The Kier molecular flexibility index (Phi) is 6.19. The van der Waals surface area contributed by atoms with Gasteiger partial charge < -0.3 is 5.32 Å². The Labute approximate surface area is 135 Å². The molecular formula is C19H31NS. The highest BCUT2D eigenvalue weighted by atomic mass is 32.2. The molecule has 0 bridgehead atoms. The van der Waals surface area contributed by atoms with Crippen LogP contribution in [0.25, 0.3) is 0 Å². The molecule has 1 aliphatic carbocycles. The van der Waals surface area contributed by atoms with Crippen LogP contribution in [0.2, 0.25) is 0 Å². The molecule has 1 aromatic carbocycles. The molecule has 21 heavy (non-hydrogen) atoms. The zero-order valence-electron chi connectivity index (χ0n) is 14.3. The van der Waals surface area contributed by atoms with Crippen LogP contribution in [0.15, 0.2) is 18.2 Å². The van der Waals surface area contributed by atoms with Crippen LogP contribution in [0.3, 0.4) is 0 Å². The quantitative estimate of drug-likeness (QED) is 0.826. The number of hydrogen-bond donors (Lipinski definition) is 1. The van der Waals surface area contributed by atoms with Gasteiger partial charge in [-0.2, -0.15) is 11.8 Å². The first-order valence-corrected chi connectivity index (χ1v) is 9.46. The van der Waals surface area contributed by atoms with Crippen molar-refractivity contribution < 1.29 is 0 Å². The van der Waals surface area contributed by atoms with Crippen molar-refractivity contribution in [3.05, 3.63) is 34.9 Å². The Balaban J connectivity index is 2.01. The van der Waals surface area contributed by atoms with E-state index in [1.165, 1.54) is 29.5 Å². The number of thioether (sulfide) groups is 1. The summed E-state index contributed by atoms with van der Waals surface area (Å²) in [6.45, 7) is 12.6. The fourth-order valence-electron chi connectivity index (χ4n) is 3.92. The first-order chi connectivity index (χ1) is 9.99. The lowest BCUT2D eigenvalue weighted by molar-refractivity contribution is 0.251. The van der Waals surface area contributed by atoms with Gasteiger partial charge in [0.15, 0.2) is 0 Å². The summed E-state index contributed by atoms with van der Waals surface area (Å²) < 4.78 is 0. The smallest absolute Gasteiger partial charge is 0.0230 e. The monoisotopic (exact) mass is 305 g/mol. The van der Waals surface area contributed by atoms with Crippen molar-refractivity contribution in [1.82, 2.24) is 5.32 Å². The Morgan fingerprint density at radius 1 is 1.10 bits per heavy atom. The zero-order chi connectivity index (χ0) is 15.4. The van der Waals surface area contributed by atoms with Gasteiger partial charge in [-0.3, -0.25) is 0 Å². The van der Waals surface area contributed by atoms with Gasteiger partial charge in [-0.15, -0.1) is 0 Å². The summed E-state index contributed by atoms with van der Waals surface area (Å²) in [5, 5.41) is 4.49. The fraction of sp³-hybridized carbons (Fsp3) is 0.684. The maximum atomic E-state index is 3.73. The maximum Gasteiger partial charge on any atom is 0.0230 e. The molecule has 1 saturated carbocycles. The van der Waals surface area contributed by atoms with Gasteiger partial charge in [0.2, 0.25) is 0 Å². The van der Waals surface area contributed by atoms with Gasteiger partial charge >= 0.3 is 0 Å². The second-order valence-corrected chi connectivity index (χ2v) is 8.16. The van der Waals surface area contributed by atoms with E-state index >= 15 is 0 Å². The molecule has 1 aliphatic rings. The number of hydrogen-bond acceptors (Lipinski definition) is 2. The average Bonchev–Trinajstić information content (AvgIpc) is 2.36. The SMILES string of the molecule is CCNC1CC(C)CC(C)C1SCc1cc(C)cc(C)c1. The molecule has 0 heterocycles. The molecule has 0 aromatic heterocycles. The van der Waals surface area contributed by atoms with E-state index in [4.69, 9.17) is 0 Å². The molecular weight excluding hydrogens is 274 g/mol. The fourth-order valence-corrected chi connectivity index (χ4v) is 5.35. The van der Waals surface area contributed by atoms with Crippen molar-refractivity contribution in [2.75, 3.05) is 6.54 Å². The first-order valence-electron chi connectivity index (χ1n) is 8.41. The topological polar surface area (TPSA) is 12.0 Å². The molecule has 0 saturated heterocycles. The molecule has 0 radical (unpaired) electrons. The highest BCUT2D eigenvalue weighted by Crippen LogP contribution is 2.37. The molecule has 0 amide bonds. The van der Waals surface area contributed by atoms with E-state index < -0.39 is 0 Å². The van der Waals surface area contributed by atoms with Crippen molar-refractivity contribution >= 4 is 11.8 Å². The third-order valence-corrected chi connectivity index (χ3v) is 6.26. The van der Waals surface area contributed by atoms with Crippen molar-refractivity contribution in [3.63, 3.8) is 0 Å². The Morgan fingerprint density at radius 2 is 1.76 bits per heavy atom. The number of rotatable bonds is 5. The largest absolute Gasteiger partial charge is 0.313 e. The molecule has 4 unspecified atom stereocenters. The van der Waals surface area contributed by atoms with Crippen LogP contribution in [-0.4, -0.2) is 17.8 Å². The highest BCUT2D eigenvalue weighted by molar-refractivity contribution is 7.99. The molecule has 118 valence electrons. The highest BCUT2D eigenvalue weighted by Gasteiger charge is 2.33. The third-order valence-electron chi connectivity index (χ3n) is 4.58. The van der Waals surface area contributed by atoms with Gasteiger partial charge in [0.1, 0.15) is 0 Å². The standard InChI is InChI=1S/C19H31NS/c1-6-20-18-11-15(4)8-16(5)19(18)21-12-17-9-13(2)7-14(3)10-17/h7,9-10,15-16,18-20H,6,8,11-12H2,1-5H3.